The van der Waals surface area contributed by atoms with Gasteiger partial charge < -0.3 is 15.6 Å². The van der Waals surface area contributed by atoms with E-state index in [0.717, 1.165) is 0 Å². The third-order valence-electron chi connectivity index (χ3n) is 2.43. The number of halogens is 1. The van der Waals surface area contributed by atoms with Crippen LogP contribution < -0.4 is 5.73 Å². The minimum atomic E-state index is -1.47. The number of carbonyl (C=O) groups excluding carboxylic acids is 1. The maximum atomic E-state index is 11.4. The van der Waals surface area contributed by atoms with Crippen LogP contribution in [0.3, 0.4) is 0 Å². The predicted molar refractivity (Wildman–Crippen MR) is 55.4 cm³/mol. The molecule has 1 rings (SSSR count). The van der Waals surface area contributed by atoms with Crippen LogP contribution in [0.15, 0.2) is 12.3 Å². The molecule has 0 saturated heterocycles. The van der Waals surface area contributed by atoms with Crippen LogP contribution in [0.2, 0.25) is 0 Å². The SMILES string of the molecule is C=C(N)C1CC1(C(=O)O)C(=O)OCC.Cl. The molecular weight excluding hydrogens is 222 g/mol. The first-order valence-electron chi connectivity index (χ1n) is 4.31. The summed E-state index contributed by atoms with van der Waals surface area (Å²) in [6.07, 6.45) is 0.191. The van der Waals surface area contributed by atoms with E-state index in [2.05, 4.69) is 6.58 Å². The number of esters is 1. The first kappa shape index (κ1) is 13.8. The van der Waals surface area contributed by atoms with Crippen molar-refractivity contribution in [2.45, 2.75) is 13.3 Å². The van der Waals surface area contributed by atoms with E-state index >= 15 is 0 Å². The van der Waals surface area contributed by atoms with Gasteiger partial charge in [0.25, 0.3) is 0 Å². The molecule has 1 aliphatic rings. The average Bonchev–Trinajstić information content (AvgIpc) is 2.79. The van der Waals surface area contributed by atoms with Crippen molar-refractivity contribution in [2.24, 2.45) is 17.1 Å². The molecule has 3 N–H and O–H groups in total. The van der Waals surface area contributed by atoms with Crippen molar-refractivity contribution in [3.63, 3.8) is 0 Å². The van der Waals surface area contributed by atoms with Gasteiger partial charge >= 0.3 is 11.9 Å². The van der Waals surface area contributed by atoms with Gasteiger partial charge in [0.2, 0.25) is 0 Å². The molecule has 86 valence electrons. The summed E-state index contributed by atoms with van der Waals surface area (Å²) in [7, 11) is 0. The molecule has 6 heteroatoms. The van der Waals surface area contributed by atoms with Crippen molar-refractivity contribution in [3.05, 3.63) is 12.3 Å². The quantitative estimate of drug-likeness (QED) is 0.548. The Labute approximate surface area is 93.7 Å². The third-order valence-corrected chi connectivity index (χ3v) is 2.43. The first-order valence-corrected chi connectivity index (χ1v) is 4.31. The summed E-state index contributed by atoms with van der Waals surface area (Å²) in [6, 6.07) is 0. The summed E-state index contributed by atoms with van der Waals surface area (Å²) in [4.78, 5) is 22.3. The van der Waals surface area contributed by atoms with E-state index in [4.69, 9.17) is 15.6 Å². The zero-order valence-corrected chi connectivity index (χ0v) is 9.17. The van der Waals surface area contributed by atoms with Gasteiger partial charge in [-0.2, -0.15) is 0 Å². The summed E-state index contributed by atoms with van der Waals surface area (Å²) in [5, 5.41) is 8.92. The van der Waals surface area contributed by atoms with E-state index in [9.17, 15) is 9.59 Å². The number of carboxylic acids is 1. The van der Waals surface area contributed by atoms with Gasteiger partial charge in [0.15, 0.2) is 5.41 Å². The summed E-state index contributed by atoms with van der Waals surface area (Å²) >= 11 is 0. The molecule has 0 spiro atoms. The lowest BCUT2D eigenvalue weighted by molar-refractivity contribution is -0.161. The maximum absolute atomic E-state index is 11.4. The number of carboxylic acid groups (broad SMARTS) is 1. The molecule has 1 saturated carbocycles. The molecule has 1 aliphatic carbocycles. The number of nitrogens with two attached hydrogens (primary N) is 1. The number of aliphatic carboxylic acids is 1. The minimum absolute atomic E-state index is 0. The Kier molecular flexibility index (Phi) is 4.16. The summed E-state index contributed by atoms with van der Waals surface area (Å²) in [5.41, 5.74) is 4.13. The Bertz CT molecular complexity index is 304. The lowest BCUT2D eigenvalue weighted by Gasteiger charge is -2.10. The van der Waals surface area contributed by atoms with Crippen molar-refractivity contribution in [3.8, 4) is 0 Å². The maximum Gasteiger partial charge on any atom is 0.324 e. The van der Waals surface area contributed by atoms with Crippen LogP contribution in [0.4, 0.5) is 0 Å². The molecule has 0 amide bonds. The van der Waals surface area contributed by atoms with Gasteiger partial charge in [0.05, 0.1) is 6.61 Å². The number of ether oxygens (including phenoxy) is 1. The fourth-order valence-corrected chi connectivity index (χ4v) is 1.52. The fraction of sp³-hybridized carbons (Fsp3) is 0.556. The van der Waals surface area contributed by atoms with Crippen molar-refractivity contribution >= 4 is 24.3 Å². The molecule has 0 bridgehead atoms. The largest absolute Gasteiger partial charge is 0.480 e. The molecule has 0 aromatic heterocycles. The summed E-state index contributed by atoms with van der Waals surface area (Å²) < 4.78 is 4.69. The molecule has 5 nitrogen and oxygen atoms in total. The number of hydrogen-bond acceptors (Lipinski definition) is 4. The topological polar surface area (TPSA) is 89.6 Å². The second-order valence-corrected chi connectivity index (χ2v) is 3.33. The van der Waals surface area contributed by atoms with Gasteiger partial charge in [0.1, 0.15) is 0 Å². The molecule has 0 aromatic rings. The zero-order valence-electron chi connectivity index (χ0n) is 8.36. The highest BCUT2D eigenvalue weighted by Crippen LogP contribution is 2.56. The Morgan fingerprint density at radius 2 is 2.20 bits per heavy atom. The fourth-order valence-electron chi connectivity index (χ4n) is 1.52. The highest BCUT2D eigenvalue weighted by molar-refractivity contribution is 6.03. The Morgan fingerprint density at radius 1 is 1.67 bits per heavy atom. The van der Waals surface area contributed by atoms with Crippen molar-refractivity contribution in [1.29, 1.82) is 0 Å². The van der Waals surface area contributed by atoms with Gasteiger partial charge in [-0.25, -0.2) is 0 Å². The van der Waals surface area contributed by atoms with E-state index in [-0.39, 0.29) is 31.1 Å². The molecule has 2 atom stereocenters. The van der Waals surface area contributed by atoms with Crippen LogP contribution in [-0.2, 0) is 14.3 Å². The van der Waals surface area contributed by atoms with Gasteiger partial charge in [0, 0.05) is 11.6 Å². The normalized spacial score (nSPS) is 27.4. The van der Waals surface area contributed by atoms with E-state index in [1.807, 2.05) is 0 Å². The molecule has 0 aromatic carbocycles. The third kappa shape index (κ3) is 2.07. The monoisotopic (exact) mass is 235 g/mol. The van der Waals surface area contributed by atoms with E-state index in [1.165, 1.54) is 0 Å². The van der Waals surface area contributed by atoms with Crippen molar-refractivity contribution < 1.29 is 19.4 Å². The first-order chi connectivity index (χ1) is 6.46. The number of carbonyl (C=O) groups is 2. The molecular formula is C9H14ClNO4. The second-order valence-electron chi connectivity index (χ2n) is 3.33. The van der Waals surface area contributed by atoms with E-state index in [1.54, 1.807) is 6.92 Å². The highest BCUT2D eigenvalue weighted by Gasteiger charge is 2.68. The lowest BCUT2D eigenvalue weighted by Crippen LogP contribution is -2.30. The lowest BCUT2D eigenvalue weighted by atomic mass is 10.0. The second kappa shape index (κ2) is 4.53. The van der Waals surface area contributed by atoms with Crippen LogP contribution in [0.1, 0.15) is 13.3 Å². The van der Waals surface area contributed by atoms with Crippen LogP contribution >= 0.6 is 12.4 Å². The molecule has 0 heterocycles. The minimum Gasteiger partial charge on any atom is -0.480 e. The summed E-state index contributed by atoms with van der Waals surface area (Å²) in [5.74, 6) is -2.39. The van der Waals surface area contributed by atoms with Gasteiger partial charge in [-0.05, 0) is 13.3 Å². The Morgan fingerprint density at radius 3 is 2.47 bits per heavy atom. The van der Waals surface area contributed by atoms with Gasteiger partial charge in [-0.1, -0.05) is 6.58 Å². The summed E-state index contributed by atoms with van der Waals surface area (Å²) in [6.45, 7) is 5.24. The molecule has 2 unspecified atom stereocenters. The Balaban J connectivity index is 0.00000196. The van der Waals surface area contributed by atoms with Crippen molar-refractivity contribution in [2.75, 3.05) is 6.61 Å². The average molecular weight is 236 g/mol. The van der Waals surface area contributed by atoms with E-state index in [0.29, 0.717) is 0 Å². The molecule has 1 fully saturated rings. The molecule has 0 radical (unpaired) electrons. The molecule has 15 heavy (non-hydrogen) atoms. The number of hydrogen-bond donors (Lipinski definition) is 2. The number of allylic oxidation sites excluding steroid dienone is 1. The van der Waals surface area contributed by atoms with Gasteiger partial charge in [-0.3, -0.25) is 9.59 Å². The molecule has 0 aliphatic heterocycles. The van der Waals surface area contributed by atoms with Crippen molar-refractivity contribution in [1.82, 2.24) is 0 Å². The Hall–Kier alpha value is -1.23. The highest BCUT2D eigenvalue weighted by atomic mass is 35.5. The van der Waals surface area contributed by atoms with E-state index < -0.39 is 23.3 Å². The number of rotatable bonds is 4. The van der Waals surface area contributed by atoms with Gasteiger partial charge in [-0.15, -0.1) is 12.4 Å². The predicted octanol–water partition coefficient (Wildman–Crippen LogP) is 0.535. The standard InChI is InChI=1S/C9H13NO4.ClH/c1-3-14-8(13)9(7(11)12)4-6(9)5(2)10;/h6H,2-4,10H2,1H3,(H,11,12);1H. The van der Waals surface area contributed by atoms with Crippen LogP contribution in [0.5, 0.6) is 0 Å². The van der Waals surface area contributed by atoms with Crippen LogP contribution in [-0.4, -0.2) is 23.7 Å². The van der Waals surface area contributed by atoms with Crippen LogP contribution in [0.25, 0.3) is 0 Å². The smallest absolute Gasteiger partial charge is 0.324 e. The van der Waals surface area contributed by atoms with Crippen LogP contribution in [0, 0.1) is 11.3 Å². The zero-order chi connectivity index (χ0) is 10.9.